The van der Waals surface area contributed by atoms with Crippen molar-refractivity contribution in [1.82, 2.24) is 9.80 Å². The maximum atomic E-state index is 13.4. The summed E-state index contributed by atoms with van der Waals surface area (Å²) < 4.78 is 18.6. The lowest BCUT2D eigenvalue weighted by atomic mass is 9.91. The number of carbonyl (C=O) groups is 2. The van der Waals surface area contributed by atoms with Gasteiger partial charge in [0.2, 0.25) is 11.8 Å². The van der Waals surface area contributed by atoms with Crippen molar-refractivity contribution in [1.29, 1.82) is 0 Å². The first-order valence-electron chi connectivity index (χ1n) is 8.57. The van der Waals surface area contributed by atoms with Crippen LogP contribution in [0.3, 0.4) is 0 Å². The highest BCUT2D eigenvalue weighted by Crippen LogP contribution is 2.22. The van der Waals surface area contributed by atoms with Gasteiger partial charge in [0.1, 0.15) is 11.6 Å². The number of rotatable bonds is 4. The predicted molar refractivity (Wildman–Crippen MR) is 93.9 cm³/mol. The molecule has 1 aliphatic heterocycles. The van der Waals surface area contributed by atoms with Gasteiger partial charge in [-0.2, -0.15) is 0 Å². The van der Waals surface area contributed by atoms with E-state index >= 15 is 0 Å². The van der Waals surface area contributed by atoms with Crippen LogP contribution in [0.1, 0.15) is 32.8 Å². The third-order valence-electron chi connectivity index (χ3n) is 4.25. The minimum Gasteiger partial charge on any atom is -0.496 e. The maximum absolute atomic E-state index is 13.4. The van der Waals surface area contributed by atoms with Crippen molar-refractivity contribution in [3.05, 3.63) is 29.6 Å². The zero-order chi connectivity index (χ0) is 18.6. The summed E-state index contributed by atoms with van der Waals surface area (Å²) in [6, 6.07) is 4.17. The van der Waals surface area contributed by atoms with E-state index in [2.05, 4.69) is 0 Å². The van der Waals surface area contributed by atoms with E-state index in [1.54, 1.807) is 4.90 Å². The molecule has 138 valence electrons. The van der Waals surface area contributed by atoms with Crippen molar-refractivity contribution in [2.24, 2.45) is 5.41 Å². The lowest BCUT2D eigenvalue weighted by Crippen LogP contribution is -2.51. The second kappa shape index (κ2) is 7.85. The Morgan fingerprint density at radius 1 is 1.08 bits per heavy atom. The van der Waals surface area contributed by atoms with E-state index in [1.165, 1.54) is 25.3 Å². The molecule has 0 N–H and O–H groups in total. The SMILES string of the molecule is COc1ccc(F)cc1CC(=O)N1CCN(C(=O)CC(C)(C)C)CC1. The zero-order valence-corrected chi connectivity index (χ0v) is 15.5. The van der Waals surface area contributed by atoms with E-state index in [-0.39, 0.29) is 29.5 Å². The molecule has 1 fully saturated rings. The van der Waals surface area contributed by atoms with Gasteiger partial charge >= 0.3 is 0 Å². The molecule has 5 nitrogen and oxygen atoms in total. The highest BCUT2D eigenvalue weighted by molar-refractivity contribution is 5.80. The van der Waals surface area contributed by atoms with Gasteiger partial charge in [0, 0.05) is 38.2 Å². The molecule has 2 amide bonds. The van der Waals surface area contributed by atoms with Gasteiger partial charge in [-0.3, -0.25) is 9.59 Å². The first kappa shape index (κ1) is 19.2. The van der Waals surface area contributed by atoms with Gasteiger partial charge in [-0.1, -0.05) is 20.8 Å². The average Bonchev–Trinajstić information content (AvgIpc) is 2.53. The van der Waals surface area contributed by atoms with Crippen molar-refractivity contribution in [2.45, 2.75) is 33.6 Å². The van der Waals surface area contributed by atoms with E-state index in [0.29, 0.717) is 43.9 Å². The smallest absolute Gasteiger partial charge is 0.227 e. The first-order valence-corrected chi connectivity index (χ1v) is 8.57. The van der Waals surface area contributed by atoms with E-state index in [9.17, 15) is 14.0 Å². The van der Waals surface area contributed by atoms with Crippen LogP contribution < -0.4 is 4.74 Å². The normalized spacial score (nSPS) is 15.2. The Bertz CT molecular complexity index is 632. The molecule has 1 aromatic rings. The molecule has 1 aromatic carbocycles. The Morgan fingerprint density at radius 3 is 2.16 bits per heavy atom. The summed E-state index contributed by atoms with van der Waals surface area (Å²) in [7, 11) is 1.50. The summed E-state index contributed by atoms with van der Waals surface area (Å²) in [5, 5.41) is 0. The van der Waals surface area contributed by atoms with Gasteiger partial charge in [0.25, 0.3) is 0 Å². The molecule has 6 heteroatoms. The van der Waals surface area contributed by atoms with Crippen LogP contribution in [0, 0.1) is 11.2 Å². The third kappa shape index (κ3) is 5.44. The molecule has 0 saturated carbocycles. The monoisotopic (exact) mass is 350 g/mol. The third-order valence-corrected chi connectivity index (χ3v) is 4.25. The molecule has 1 heterocycles. The molecule has 0 bridgehead atoms. The Balaban J connectivity index is 1.91. The molecule has 0 atom stereocenters. The fraction of sp³-hybridized carbons (Fsp3) is 0.579. The number of nitrogens with zero attached hydrogens (tertiary/aromatic N) is 2. The first-order chi connectivity index (χ1) is 11.7. The van der Waals surface area contributed by atoms with E-state index in [0.717, 1.165) is 0 Å². The molecule has 0 radical (unpaired) electrons. The molecule has 0 unspecified atom stereocenters. The number of hydrogen-bond donors (Lipinski definition) is 0. The number of piperazine rings is 1. The molecule has 25 heavy (non-hydrogen) atoms. The second-order valence-electron chi connectivity index (χ2n) is 7.63. The Labute approximate surface area is 148 Å². The van der Waals surface area contributed by atoms with E-state index in [4.69, 9.17) is 4.74 Å². The summed E-state index contributed by atoms with van der Waals surface area (Å²) in [4.78, 5) is 28.3. The summed E-state index contributed by atoms with van der Waals surface area (Å²) >= 11 is 0. The van der Waals surface area contributed by atoms with Crippen LogP contribution in [0.25, 0.3) is 0 Å². The van der Waals surface area contributed by atoms with Crippen LogP contribution >= 0.6 is 0 Å². The maximum Gasteiger partial charge on any atom is 0.227 e. The number of halogens is 1. The standard InChI is InChI=1S/C19H27FN2O3/c1-19(2,3)13-18(24)22-9-7-21(8-10-22)17(23)12-14-11-15(20)5-6-16(14)25-4/h5-6,11H,7-10,12-13H2,1-4H3. The average molecular weight is 350 g/mol. The minimum atomic E-state index is -0.388. The van der Waals surface area contributed by atoms with Crippen LogP contribution in [0.5, 0.6) is 5.75 Å². The van der Waals surface area contributed by atoms with Crippen LogP contribution in [-0.4, -0.2) is 54.9 Å². The van der Waals surface area contributed by atoms with Crippen LogP contribution in [-0.2, 0) is 16.0 Å². The van der Waals surface area contributed by atoms with Crippen molar-refractivity contribution in [2.75, 3.05) is 33.3 Å². The van der Waals surface area contributed by atoms with Crippen molar-refractivity contribution in [3.63, 3.8) is 0 Å². The summed E-state index contributed by atoms with van der Waals surface area (Å²) in [5.74, 6) is 0.174. The van der Waals surface area contributed by atoms with E-state index < -0.39 is 0 Å². The number of carbonyl (C=O) groups excluding carboxylic acids is 2. The molecule has 0 aliphatic carbocycles. The Kier molecular flexibility index (Phi) is 6.03. The fourth-order valence-electron chi connectivity index (χ4n) is 2.93. The lowest BCUT2D eigenvalue weighted by Gasteiger charge is -2.36. The number of amides is 2. The second-order valence-corrected chi connectivity index (χ2v) is 7.63. The lowest BCUT2D eigenvalue weighted by molar-refractivity contribution is -0.140. The number of ether oxygens (including phenoxy) is 1. The number of benzene rings is 1. The van der Waals surface area contributed by atoms with Crippen LogP contribution in [0.15, 0.2) is 18.2 Å². The van der Waals surface area contributed by atoms with Gasteiger partial charge in [-0.25, -0.2) is 4.39 Å². The van der Waals surface area contributed by atoms with Gasteiger partial charge in [-0.15, -0.1) is 0 Å². The molecule has 2 rings (SSSR count). The number of hydrogen-bond acceptors (Lipinski definition) is 3. The highest BCUT2D eigenvalue weighted by atomic mass is 19.1. The highest BCUT2D eigenvalue weighted by Gasteiger charge is 2.27. The van der Waals surface area contributed by atoms with Gasteiger partial charge < -0.3 is 14.5 Å². The van der Waals surface area contributed by atoms with Gasteiger partial charge in [0.15, 0.2) is 0 Å². The summed E-state index contributed by atoms with van der Waals surface area (Å²) in [6.45, 7) is 8.21. The molecule has 1 saturated heterocycles. The molecule has 0 spiro atoms. The van der Waals surface area contributed by atoms with Crippen molar-refractivity contribution < 1.29 is 18.7 Å². The number of methoxy groups -OCH3 is 1. The molecule has 1 aliphatic rings. The van der Waals surface area contributed by atoms with Crippen molar-refractivity contribution in [3.8, 4) is 5.75 Å². The largest absolute Gasteiger partial charge is 0.496 e. The molecular formula is C19H27FN2O3. The van der Waals surface area contributed by atoms with E-state index in [1.807, 2.05) is 25.7 Å². The topological polar surface area (TPSA) is 49.9 Å². The van der Waals surface area contributed by atoms with Crippen molar-refractivity contribution >= 4 is 11.8 Å². The molecular weight excluding hydrogens is 323 g/mol. The minimum absolute atomic E-state index is 0.0437. The Morgan fingerprint density at radius 2 is 1.64 bits per heavy atom. The van der Waals surface area contributed by atoms with Crippen LogP contribution in [0.2, 0.25) is 0 Å². The summed E-state index contributed by atoms with van der Waals surface area (Å²) in [5.41, 5.74) is 0.497. The van der Waals surface area contributed by atoms with Crippen LogP contribution in [0.4, 0.5) is 4.39 Å². The fourth-order valence-corrected chi connectivity index (χ4v) is 2.93. The van der Waals surface area contributed by atoms with Gasteiger partial charge in [-0.05, 0) is 23.6 Å². The Hall–Kier alpha value is -2.11. The molecule has 0 aromatic heterocycles. The van der Waals surface area contributed by atoms with Gasteiger partial charge in [0.05, 0.1) is 13.5 Å². The predicted octanol–water partition coefficient (Wildman–Crippen LogP) is 2.48. The summed E-state index contributed by atoms with van der Waals surface area (Å²) in [6.07, 6.45) is 0.596. The quantitative estimate of drug-likeness (QED) is 0.838. The zero-order valence-electron chi connectivity index (χ0n) is 15.5.